The zero-order valence-electron chi connectivity index (χ0n) is 13.9. The van der Waals surface area contributed by atoms with Gasteiger partial charge in [-0.2, -0.15) is 0 Å². The lowest BCUT2D eigenvalue weighted by molar-refractivity contribution is 0.304. The van der Waals surface area contributed by atoms with Crippen LogP contribution in [0.3, 0.4) is 0 Å². The smallest absolute Gasteiger partial charge is 0.123 e. The monoisotopic (exact) mass is 315 g/mol. The molecule has 0 amide bonds. The number of rotatable bonds is 10. The van der Waals surface area contributed by atoms with E-state index < -0.39 is 0 Å². The molecule has 0 unspecified atom stereocenters. The fraction of sp³-hybridized carbons (Fsp3) is 0.400. The van der Waals surface area contributed by atoms with Gasteiger partial charge in [0.15, 0.2) is 0 Å². The second-order valence-electron chi connectivity index (χ2n) is 5.77. The van der Waals surface area contributed by atoms with Gasteiger partial charge in [0.2, 0.25) is 0 Å². The first-order chi connectivity index (χ1) is 11.3. The van der Waals surface area contributed by atoms with Gasteiger partial charge < -0.3 is 10.1 Å². The molecule has 2 aromatic rings. The summed E-state index contributed by atoms with van der Waals surface area (Å²) >= 11 is 0. The molecule has 0 heterocycles. The summed E-state index contributed by atoms with van der Waals surface area (Å²) < 4.78 is 18.7. The lowest BCUT2D eigenvalue weighted by atomic mass is 10.2. The Balaban J connectivity index is 1.74. The molecule has 0 saturated carbocycles. The van der Waals surface area contributed by atoms with Gasteiger partial charge in [-0.25, -0.2) is 4.39 Å². The molecule has 124 valence electrons. The average Bonchev–Trinajstić information content (AvgIpc) is 2.58. The Morgan fingerprint density at radius 1 is 0.957 bits per heavy atom. The second-order valence-corrected chi connectivity index (χ2v) is 5.77. The largest absolute Gasteiger partial charge is 0.494 e. The van der Waals surface area contributed by atoms with E-state index in [0.29, 0.717) is 6.54 Å². The zero-order chi connectivity index (χ0) is 16.3. The number of halogens is 1. The van der Waals surface area contributed by atoms with Crippen LogP contribution in [0.4, 0.5) is 10.1 Å². The minimum Gasteiger partial charge on any atom is -0.494 e. The molecule has 0 saturated heterocycles. The molecule has 2 rings (SSSR count). The number of ether oxygens (including phenoxy) is 1. The van der Waals surface area contributed by atoms with Crippen LogP contribution in [0, 0.1) is 5.82 Å². The predicted octanol–water partition coefficient (Wildman–Crippen LogP) is 5.79. The molecule has 0 aromatic heterocycles. The Bertz CT molecular complexity index is 568. The van der Waals surface area contributed by atoms with E-state index in [0.717, 1.165) is 30.0 Å². The quantitative estimate of drug-likeness (QED) is 0.560. The molecule has 2 nitrogen and oxygen atoms in total. The van der Waals surface area contributed by atoms with E-state index in [9.17, 15) is 4.39 Å². The molecular formula is C20H26FNO. The van der Waals surface area contributed by atoms with Crippen LogP contribution in [0.5, 0.6) is 5.75 Å². The topological polar surface area (TPSA) is 21.3 Å². The molecule has 0 spiro atoms. The highest BCUT2D eigenvalue weighted by atomic mass is 19.1. The Kier molecular flexibility index (Phi) is 7.44. The van der Waals surface area contributed by atoms with E-state index in [1.54, 1.807) is 12.1 Å². The van der Waals surface area contributed by atoms with Crippen LogP contribution >= 0.6 is 0 Å². The third-order valence-corrected chi connectivity index (χ3v) is 3.76. The van der Waals surface area contributed by atoms with Crippen molar-refractivity contribution in [2.45, 2.75) is 45.6 Å². The number of benzene rings is 2. The normalized spacial score (nSPS) is 10.5. The molecule has 0 atom stereocenters. The summed E-state index contributed by atoms with van der Waals surface area (Å²) in [7, 11) is 0. The van der Waals surface area contributed by atoms with Gasteiger partial charge in [0, 0.05) is 18.3 Å². The van der Waals surface area contributed by atoms with Crippen molar-refractivity contribution in [1.82, 2.24) is 0 Å². The first kappa shape index (κ1) is 17.3. The van der Waals surface area contributed by atoms with Gasteiger partial charge in [-0.15, -0.1) is 0 Å². The van der Waals surface area contributed by atoms with Crippen LogP contribution in [0.15, 0.2) is 48.5 Å². The molecule has 0 radical (unpaired) electrons. The molecule has 0 aliphatic rings. The van der Waals surface area contributed by atoms with Gasteiger partial charge >= 0.3 is 0 Å². The summed E-state index contributed by atoms with van der Waals surface area (Å²) in [6.45, 7) is 3.66. The summed E-state index contributed by atoms with van der Waals surface area (Å²) in [5, 5.41) is 3.34. The van der Waals surface area contributed by atoms with Crippen LogP contribution in [0.1, 0.15) is 44.6 Å². The molecular weight excluding hydrogens is 289 g/mol. The Morgan fingerprint density at radius 3 is 2.52 bits per heavy atom. The number of anilines is 1. The maximum Gasteiger partial charge on any atom is 0.123 e. The second kappa shape index (κ2) is 9.88. The third kappa shape index (κ3) is 6.72. The van der Waals surface area contributed by atoms with Crippen molar-refractivity contribution in [2.24, 2.45) is 0 Å². The van der Waals surface area contributed by atoms with E-state index in [1.807, 2.05) is 24.3 Å². The summed E-state index contributed by atoms with van der Waals surface area (Å²) in [4.78, 5) is 0. The average molecular weight is 315 g/mol. The Labute approximate surface area is 138 Å². The van der Waals surface area contributed by atoms with Crippen molar-refractivity contribution in [3.8, 4) is 5.75 Å². The molecule has 3 heteroatoms. The van der Waals surface area contributed by atoms with E-state index in [4.69, 9.17) is 4.74 Å². The maximum absolute atomic E-state index is 12.9. The van der Waals surface area contributed by atoms with Crippen molar-refractivity contribution in [1.29, 1.82) is 0 Å². The minimum atomic E-state index is -0.205. The lowest BCUT2D eigenvalue weighted by Crippen LogP contribution is -2.01. The van der Waals surface area contributed by atoms with Crippen LogP contribution in [0.2, 0.25) is 0 Å². The molecule has 0 fully saturated rings. The third-order valence-electron chi connectivity index (χ3n) is 3.76. The van der Waals surface area contributed by atoms with Gasteiger partial charge in [0.1, 0.15) is 11.6 Å². The highest BCUT2D eigenvalue weighted by Gasteiger charge is 1.99. The van der Waals surface area contributed by atoms with Crippen molar-refractivity contribution >= 4 is 5.69 Å². The SMILES string of the molecule is CCCCCCCOc1cccc(NCc2ccc(F)cc2)c1. The number of hydrogen-bond acceptors (Lipinski definition) is 2. The van der Waals surface area contributed by atoms with Gasteiger partial charge in [0.25, 0.3) is 0 Å². The zero-order valence-corrected chi connectivity index (χ0v) is 13.9. The van der Waals surface area contributed by atoms with Gasteiger partial charge in [-0.05, 0) is 36.2 Å². The molecule has 23 heavy (non-hydrogen) atoms. The predicted molar refractivity (Wildman–Crippen MR) is 94.4 cm³/mol. The Morgan fingerprint density at radius 2 is 1.74 bits per heavy atom. The molecule has 0 bridgehead atoms. The van der Waals surface area contributed by atoms with Crippen LogP contribution in [0.25, 0.3) is 0 Å². The van der Waals surface area contributed by atoms with Crippen molar-refractivity contribution in [2.75, 3.05) is 11.9 Å². The van der Waals surface area contributed by atoms with E-state index >= 15 is 0 Å². The summed E-state index contributed by atoms with van der Waals surface area (Å²) in [5.74, 6) is 0.688. The highest BCUT2D eigenvalue weighted by molar-refractivity contribution is 5.48. The first-order valence-electron chi connectivity index (χ1n) is 8.49. The summed E-state index contributed by atoms with van der Waals surface area (Å²) in [6.07, 6.45) is 6.20. The minimum absolute atomic E-state index is 0.205. The van der Waals surface area contributed by atoms with E-state index in [-0.39, 0.29) is 5.82 Å². The molecule has 0 aliphatic heterocycles. The summed E-state index contributed by atoms with van der Waals surface area (Å²) in [6, 6.07) is 14.5. The Hall–Kier alpha value is -2.03. The number of unbranched alkanes of at least 4 members (excludes halogenated alkanes) is 4. The van der Waals surface area contributed by atoms with Crippen LogP contribution in [-0.4, -0.2) is 6.61 Å². The van der Waals surface area contributed by atoms with Gasteiger partial charge in [-0.3, -0.25) is 0 Å². The molecule has 2 aromatic carbocycles. The van der Waals surface area contributed by atoms with Gasteiger partial charge in [0.05, 0.1) is 6.61 Å². The number of hydrogen-bond donors (Lipinski definition) is 1. The van der Waals surface area contributed by atoms with E-state index in [1.165, 1.54) is 37.8 Å². The van der Waals surface area contributed by atoms with E-state index in [2.05, 4.69) is 12.2 Å². The van der Waals surface area contributed by atoms with Crippen LogP contribution in [-0.2, 0) is 6.54 Å². The highest BCUT2D eigenvalue weighted by Crippen LogP contribution is 2.18. The first-order valence-corrected chi connectivity index (χ1v) is 8.49. The van der Waals surface area contributed by atoms with Crippen molar-refractivity contribution < 1.29 is 9.13 Å². The van der Waals surface area contributed by atoms with Crippen molar-refractivity contribution in [3.63, 3.8) is 0 Å². The summed E-state index contributed by atoms with van der Waals surface area (Å²) in [5.41, 5.74) is 2.06. The lowest BCUT2D eigenvalue weighted by Gasteiger charge is -2.10. The fourth-order valence-electron chi connectivity index (χ4n) is 2.40. The molecule has 1 N–H and O–H groups in total. The fourth-order valence-corrected chi connectivity index (χ4v) is 2.40. The maximum atomic E-state index is 12.9. The number of nitrogens with one attached hydrogen (secondary N) is 1. The van der Waals surface area contributed by atoms with Gasteiger partial charge in [-0.1, -0.05) is 50.8 Å². The van der Waals surface area contributed by atoms with Crippen LogP contribution < -0.4 is 10.1 Å². The molecule has 0 aliphatic carbocycles. The standard InChI is InChI=1S/C20H26FNO/c1-2-3-4-5-6-14-23-20-9-7-8-19(15-20)22-16-17-10-12-18(21)13-11-17/h7-13,15,22H,2-6,14,16H2,1H3. The van der Waals surface area contributed by atoms with Crippen molar-refractivity contribution in [3.05, 3.63) is 59.9 Å².